The van der Waals surface area contributed by atoms with Gasteiger partial charge in [-0.1, -0.05) is 49.9 Å². The lowest BCUT2D eigenvalue weighted by Gasteiger charge is -2.12. The number of carbonyl (C=O) groups excluding carboxylic acids is 1. The predicted octanol–water partition coefficient (Wildman–Crippen LogP) is 7.61. The minimum atomic E-state index is -0.534. The summed E-state index contributed by atoms with van der Waals surface area (Å²) in [7, 11) is 0. The van der Waals surface area contributed by atoms with Crippen LogP contribution >= 0.6 is 0 Å². The second kappa shape index (κ2) is 10.3. The van der Waals surface area contributed by atoms with E-state index < -0.39 is 17.6 Å². The summed E-state index contributed by atoms with van der Waals surface area (Å²) in [5, 5.41) is 0. The van der Waals surface area contributed by atoms with Crippen molar-refractivity contribution in [3.63, 3.8) is 0 Å². The Morgan fingerprint density at radius 3 is 1.76 bits per heavy atom. The molecule has 0 fully saturated rings. The van der Waals surface area contributed by atoms with E-state index in [1.54, 1.807) is 57.2 Å². The van der Waals surface area contributed by atoms with Gasteiger partial charge in [0.25, 0.3) is 0 Å². The first-order chi connectivity index (χ1) is 15.7. The summed E-state index contributed by atoms with van der Waals surface area (Å²) in [4.78, 5) is 11.6. The molecule has 3 nitrogen and oxygen atoms in total. The Labute approximate surface area is 193 Å². The molecule has 5 heteroatoms. The van der Waals surface area contributed by atoms with Gasteiger partial charge in [0.05, 0.1) is 0 Å². The number of esters is 1. The van der Waals surface area contributed by atoms with E-state index >= 15 is 0 Å². The molecular formula is C28H26F2O3. The molecule has 0 N–H and O–H groups in total. The van der Waals surface area contributed by atoms with Crippen molar-refractivity contribution in [2.45, 2.75) is 34.1 Å². The van der Waals surface area contributed by atoms with Crippen molar-refractivity contribution in [3.05, 3.63) is 102 Å². The zero-order valence-electron chi connectivity index (χ0n) is 19.2. The molecule has 0 bridgehead atoms. The Balaban J connectivity index is 1.81. The van der Waals surface area contributed by atoms with E-state index in [4.69, 9.17) is 9.47 Å². The lowest BCUT2D eigenvalue weighted by molar-refractivity contribution is -0.135. The van der Waals surface area contributed by atoms with Gasteiger partial charge in [0.2, 0.25) is 0 Å². The summed E-state index contributed by atoms with van der Waals surface area (Å²) in [5.74, 6) is -0.373. The number of ether oxygens (including phenoxy) is 2. The molecule has 33 heavy (non-hydrogen) atoms. The predicted molar refractivity (Wildman–Crippen MR) is 127 cm³/mol. The molecule has 0 saturated heterocycles. The van der Waals surface area contributed by atoms with E-state index in [1.165, 1.54) is 12.1 Å². The van der Waals surface area contributed by atoms with Crippen molar-refractivity contribution in [1.82, 2.24) is 0 Å². The molecule has 0 unspecified atom stereocenters. The minimum Gasteiger partial charge on any atom is -0.459 e. The van der Waals surface area contributed by atoms with E-state index in [1.807, 2.05) is 19.1 Å². The lowest BCUT2D eigenvalue weighted by atomic mass is 9.98. The molecule has 0 spiro atoms. The maximum Gasteiger partial charge on any atom is 0.338 e. The van der Waals surface area contributed by atoms with E-state index in [9.17, 15) is 13.6 Å². The van der Waals surface area contributed by atoms with E-state index in [0.29, 0.717) is 28.4 Å². The molecule has 3 rings (SSSR count). The van der Waals surface area contributed by atoms with Gasteiger partial charge in [-0.25, -0.2) is 13.6 Å². The SMILES string of the molecule is C=C(C)C(=O)O/C(C)=C(\C)Oc1ccc(-c2cc(F)c(-c3ccc(CC)cc3)cc2F)cc1. The normalized spacial score (nSPS) is 11.6. The van der Waals surface area contributed by atoms with Gasteiger partial charge in [0.15, 0.2) is 0 Å². The Morgan fingerprint density at radius 1 is 0.818 bits per heavy atom. The first kappa shape index (κ1) is 23.9. The fourth-order valence-electron chi connectivity index (χ4n) is 3.16. The van der Waals surface area contributed by atoms with Gasteiger partial charge in [-0.3, -0.25) is 0 Å². The van der Waals surface area contributed by atoms with Crippen molar-refractivity contribution >= 4 is 5.97 Å². The van der Waals surface area contributed by atoms with Crippen LogP contribution in [0.3, 0.4) is 0 Å². The first-order valence-electron chi connectivity index (χ1n) is 10.6. The molecule has 3 aromatic rings. The molecule has 0 aromatic heterocycles. The van der Waals surface area contributed by atoms with Crippen molar-refractivity contribution in [1.29, 1.82) is 0 Å². The van der Waals surface area contributed by atoms with E-state index in [2.05, 4.69) is 6.58 Å². The van der Waals surface area contributed by atoms with Gasteiger partial charge in [-0.2, -0.15) is 0 Å². The quantitative estimate of drug-likeness (QED) is 0.212. The highest BCUT2D eigenvalue weighted by Gasteiger charge is 2.14. The van der Waals surface area contributed by atoms with Crippen molar-refractivity contribution in [3.8, 4) is 28.0 Å². The maximum atomic E-state index is 14.9. The Morgan fingerprint density at radius 2 is 1.30 bits per heavy atom. The van der Waals surface area contributed by atoms with Gasteiger partial charge >= 0.3 is 5.97 Å². The number of allylic oxidation sites excluding steroid dienone is 2. The van der Waals surface area contributed by atoms with Gasteiger partial charge in [0, 0.05) is 16.7 Å². The molecule has 0 heterocycles. The van der Waals surface area contributed by atoms with Crippen LogP contribution in [0.5, 0.6) is 5.75 Å². The summed E-state index contributed by atoms with van der Waals surface area (Å²) in [6.45, 7) is 10.4. The van der Waals surface area contributed by atoms with Crippen LogP contribution in [0.2, 0.25) is 0 Å². The third kappa shape index (κ3) is 5.75. The zero-order chi connectivity index (χ0) is 24.1. The van der Waals surface area contributed by atoms with Crippen molar-refractivity contribution < 1.29 is 23.0 Å². The third-order valence-corrected chi connectivity index (χ3v) is 5.26. The standard InChI is InChI=1S/C28H26F2O3/c1-6-20-7-9-21(10-8-20)24-15-27(30)25(16-26(24)29)22-11-13-23(14-12-22)32-18(4)19(5)33-28(31)17(2)3/h7-16H,2,6H2,1,3-5H3/b19-18+. The van der Waals surface area contributed by atoms with Gasteiger partial charge in [-0.15, -0.1) is 0 Å². The van der Waals surface area contributed by atoms with Crippen molar-refractivity contribution in [2.24, 2.45) is 0 Å². The minimum absolute atomic E-state index is 0.159. The van der Waals surface area contributed by atoms with Crippen LogP contribution in [0.4, 0.5) is 8.78 Å². The largest absolute Gasteiger partial charge is 0.459 e. The topological polar surface area (TPSA) is 35.5 Å². The van der Waals surface area contributed by atoms with E-state index in [-0.39, 0.29) is 16.7 Å². The molecule has 0 amide bonds. The average Bonchev–Trinajstić information content (AvgIpc) is 2.80. The number of hydrogen-bond acceptors (Lipinski definition) is 3. The summed E-state index contributed by atoms with van der Waals surface area (Å²) in [6.07, 6.45) is 0.879. The molecule has 0 saturated carbocycles. The zero-order valence-corrected chi connectivity index (χ0v) is 19.2. The summed E-state index contributed by atoms with van der Waals surface area (Å²) in [6, 6.07) is 16.4. The smallest absolute Gasteiger partial charge is 0.338 e. The number of rotatable bonds is 7. The van der Waals surface area contributed by atoms with Gasteiger partial charge < -0.3 is 9.47 Å². The molecule has 0 atom stereocenters. The highest BCUT2D eigenvalue weighted by Crippen LogP contribution is 2.32. The maximum absolute atomic E-state index is 14.9. The number of benzene rings is 3. The van der Waals surface area contributed by atoms with Crippen LogP contribution in [0.25, 0.3) is 22.3 Å². The van der Waals surface area contributed by atoms with Crippen LogP contribution in [0, 0.1) is 11.6 Å². The second-order valence-corrected chi connectivity index (χ2v) is 7.77. The Bertz CT molecular complexity index is 1210. The molecule has 0 aliphatic carbocycles. The number of carbonyl (C=O) groups is 1. The second-order valence-electron chi connectivity index (χ2n) is 7.77. The number of aryl methyl sites for hydroxylation is 1. The third-order valence-electron chi connectivity index (χ3n) is 5.26. The van der Waals surface area contributed by atoms with E-state index in [0.717, 1.165) is 12.0 Å². The van der Waals surface area contributed by atoms with Crippen LogP contribution in [0.1, 0.15) is 33.3 Å². The molecule has 0 aliphatic rings. The molecular weight excluding hydrogens is 422 g/mol. The molecule has 170 valence electrons. The molecule has 0 radical (unpaired) electrons. The number of halogens is 2. The average molecular weight is 449 g/mol. The van der Waals surface area contributed by atoms with Gasteiger partial charge in [-0.05, 0) is 68.1 Å². The molecule has 3 aromatic carbocycles. The summed E-state index contributed by atoms with van der Waals surface area (Å²) >= 11 is 0. The lowest BCUT2D eigenvalue weighted by Crippen LogP contribution is -2.06. The van der Waals surface area contributed by atoms with Crippen LogP contribution in [-0.2, 0) is 16.0 Å². The highest BCUT2D eigenvalue weighted by molar-refractivity contribution is 5.87. The van der Waals surface area contributed by atoms with Gasteiger partial charge in [0.1, 0.15) is 28.9 Å². The Kier molecular flexibility index (Phi) is 7.44. The summed E-state index contributed by atoms with van der Waals surface area (Å²) < 4.78 is 40.6. The number of hydrogen-bond donors (Lipinski definition) is 0. The van der Waals surface area contributed by atoms with Crippen LogP contribution in [0.15, 0.2) is 84.3 Å². The van der Waals surface area contributed by atoms with Crippen molar-refractivity contribution in [2.75, 3.05) is 0 Å². The van der Waals surface area contributed by atoms with Crippen LogP contribution in [-0.4, -0.2) is 5.97 Å². The fourth-order valence-corrected chi connectivity index (χ4v) is 3.16. The summed E-state index contributed by atoms with van der Waals surface area (Å²) in [5.41, 5.74) is 2.94. The molecule has 0 aliphatic heterocycles. The monoisotopic (exact) mass is 448 g/mol. The Hall–Kier alpha value is -3.73. The highest BCUT2D eigenvalue weighted by atomic mass is 19.1. The van der Waals surface area contributed by atoms with Crippen LogP contribution < -0.4 is 4.74 Å². The first-order valence-corrected chi connectivity index (χ1v) is 10.6. The fraction of sp³-hybridized carbons (Fsp3) is 0.179.